The first-order chi connectivity index (χ1) is 19.9. The number of benzene rings is 2. The minimum absolute atomic E-state index is 0.0287. The molecule has 0 amide bonds. The number of nitrogens with one attached hydrogen (secondary N) is 1. The van der Waals surface area contributed by atoms with Crippen LogP contribution in [0.15, 0.2) is 73.1 Å². The van der Waals surface area contributed by atoms with Gasteiger partial charge in [-0.25, -0.2) is 0 Å². The molecule has 2 aromatic carbocycles. The third-order valence-corrected chi connectivity index (χ3v) is 7.01. The number of halogens is 1. The van der Waals surface area contributed by atoms with Crippen LogP contribution in [0, 0.1) is 11.3 Å². The molecular formula is C32H32IN5O3. The van der Waals surface area contributed by atoms with Crippen molar-refractivity contribution in [1.29, 1.82) is 5.26 Å². The van der Waals surface area contributed by atoms with Crippen LogP contribution in [-0.4, -0.2) is 47.9 Å². The fraction of sp³-hybridized carbons (Fsp3) is 0.250. The Hall–Kier alpha value is -4.01. The van der Waals surface area contributed by atoms with E-state index in [0.717, 1.165) is 38.1 Å². The second kappa shape index (κ2) is 14.6. The van der Waals surface area contributed by atoms with Gasteiger partial charge in [0.1, 0.15) is 24.2 Å². The van der Waals surface area contributed by atoms with E-state index in [-0.39, 0.29) is 12.2 Å². The lowest BCUT2D eigenvalue weighted by molar-refractivity contribution is -0.114. The molecule has 0 saturated heterocycles. The van der Waals surface area contributed by atoms with Crippen molar-refractivity contribution in [1.82, 2.24) is 14.9 Å². The Kier molecular flexibility index (Phi) is 10.6. The van der Waals surface area contributed by atoms with Gasteiger partial charge in [-0.1, -0.05) is 34.7 Å². The van der Waals surface area contributed by atoms with Crippen LogP contribution >= 0.6 is 22.6 Å². The first-order valence-electron chi connectivity index (χ1n) is 13.2. The molecule has 0 unspecified atom stereocenters. The lowest BCUT2D eigenvalue weighted by Gasteiger charge is -2.17. The van der Waals surface area contributed by atoms with Crippen molar-refractivity contribution in [2.45, 2.75) is 24.4 Å². The van der Waals surface area contributed by atoms with E-state index in [0.29, 0.717) is 42.3 Å². The summed E-state index contributed by atoms with van der Waals surface area (Å²) in [5.41, 5.74) is 5.10. The molecule has 210 valence electrons. The molecule has 0 fully saturated rings. The highest BCUT2D eigenvalue weighted by Gasteiger charge is 2.16. The van der Waals surface area contributed by atoms with Gasteiger partial charge in [0.2, 0.25) is 0 Å². The summed E-state index contributed by atoms with van der Waals surface area (Å²) in [6.45, 7) is 3.41. The van der Waals surface area contributed by atoms with Crippen LogP contribution in [-0.2, 0) is 22.2 Å². The van der Waals surface area contributed by atoms with Crippen molar-refractivity contribution in [2.75, 3.05) is 32.6 Å². The summed E-state index contributed by atoms with van der Waals surface area (Å²) in [6.07, 6.45) is 6.93. The summed E-state index contributed by atoms with van der Waals surface area (Å²) in [5.74, 6) is 1.36. The van der Waals surface area contributed by atoms with Crippen LogP contribution < -0.4 is 14.8 Å². The van der Waals surface area contributed by atoms with E-state index in [9.17, 15) is 10.1 Å². The minimum Gasteiger partial charge on any atom is -0.494 e. The maximum Gasteiger partial charge on any atom is 0.159 e. The highest BCUT2D eigenvalue weighted by Crippen LogP contribution is 2.35. The van der Waals surface area contributed by atoms with Crippen LogP contribution in [0.1, 0.15) is 29.3 Å². The molecule has 2 heterocycles. The summed E-state index contributed by atoms with van der Waals surface area (Å²) < 4.78 is 12.7. The Labute approximate surface area is 254 Å². The molecule has 1 N–H and O–H groups in total. The van der Waals surface area contributed by atoms with Crippen molar-refractivity contribution in [3.05, 3.63) is 95.5 Å². The summed E-state index contributed by atoms with van der Waals surface area (Å²) in [5, 5.41) is 14.1. The Bertz CT molecular complexity index is 1580. The Morgan fingerprint density at radius 2 is 1.95 bits per heavy atom. The third kappa shape index (κ3) is 8.02. The van der Waals surface area contributed by atoms with E-state index in [2.05, 4.69) is 43.9 Å². The standard InChI is InChI=1S/C32H32IN5O3/c1-4-40-31-17-29-28(16-22(31)15-27(39)9-7-13-38(2)3)32(24(19-34)20-36-29)37-25-10-11-30(23(14-25)18-33)41-21-26-8-5-6-12-35-26/h5-12,14,16-17,20H,4,13,15,18,21H2,1-3H3,(H,36,37)/b9-7+. The van der Waals surface area contributed by atoms with Crippen LogP contribution in [0.3, 0.4) is 0 Å². The van der Waals surface area contributed by atoms with Gasteiger partial charge in [0.15, 0.2) is 5.78 Å². The number of ketones is 1. The predicted octanol–water partition coefficient (Wildman–Crippen LogP) is 6.39. The first-order valence-corrected chi connectivity index (χ1v) is 14.8. The summed E-state index contributed by atoms with van der Waals surface area (Å²) in [4.78, 5) is 23.6. The van der Waals surface area contributed by atoms with E-state index in [1.807, 2.05) is 80.5 Å². The number of alkyl halides is 1. The van der Waals surface area contributed by atoms with E-state index >= 15 is 0 Å². The maximum absolute atomic E-state index is 12.8. The van der Waals surface area contributed by atoms with Crippen LogP contribution in [0.5, 0.6) is 11.5 Å². The van der Waals surface area contributed by atoms with Crippen molar-refractivity contribution in [3.63, 3.8) is 0 Å². The molecule has 0 aliphatic carbocycles. The zero-order valence-electron chi connectivity index (χ0n) is 23.4. The topological polar surface area (TPSA) is 100 Å². The predicted molar refractivity (Wildman–Crippen MR) is 170 cm³/mol. The van der Waals surface area contributed by atoms with Crippen molar-refractivity contribution in [3.8, 4) is 17.6 Å². The quantitative estimate of drug-likeness (QED) is 0.100. The van der Waals surface area contributed by atoms with Gasteiger partial charge < -0.3 is 19.7 Å². The molecule has 4 rings (SSSR count). The van der Waals surface area contributed by atoms with Crippen molar-refractivity contribution < 1.29 is 14.3 Å². The number of rotatable bonds is 13. The molecule has 2 aromatic heterocycles. The van der Waals surface area contributed by atoms with Gasteiger partial charge in [-0.2, -0.15) is 5.26 Å². The van der Waals surface area contributed by atoms with Crippen LogP contribution in [0.4, 0.5) is 11.4 Å². The number of carbonyl (C=O) groups is 1. The number of hydrogen-bond donors (Lipinski definition) is 1. The van der Waals surface area contributed by atoms with E-state index in [4.69, 9.17) is 9.47 Å². The number of allylic oxidation sites excluding steroid dienone is 1. The fourth-order valence-electron chi connectivity index (χ4n) is 4.24. The molecule has 0 spiro atoms. The number of carbonyl (C=O) groups excluding carboxylic acids is 1. The van der Waals surface area contributed by atoms with Gasteiger partial charge in [0, 0.05) is 58.1 Å². The first kappa shape index (κ1) is 30.0. The normalized spacial score (nSPS) is 11.1. The summed E-state index contributed by atoms with van der Waals surface area (Å²) >= 11 is 2.31. The lowest BCUT2D eigenvalue weighted by Crippen LogP contribution is -2.11. The highest BCUT2D eigenvalue weighted by atomic mass is 127. The molecule has 0 aliphatic heterocycles. The molecule has 0 bridgehead atoms. The molecular weight excluding hydrogens is 629 g/mol. The van der Waals surface area contributed by atoms with Gasteiger partial charge >= 0.3 is 0 Å². The van der Waals surface area contributed by atoms with E-state index < -0.39 is 0 Å². The number of likely N-dealkylation sites (N-methyl/N-ethyl adjacent to an activating group) is 1. The SMILES string of the molecule is CCOc1cc2ncc(C#N)c(Nc3ccc(OCc4ccccn4)c(CI)c3)c2cc1CC(=O)/C=C/CN(C)C. The van der Waals surface area contributed by atoms with Crippen LogP contribution in [0.25, 0.3) is 10.9 Å². The van der Waals surface area contributed by atoms with E-state index in [1.54, 1.807) is 18.5 Å². The Morgan fingerprint density at radius 1 is 1.10 bits per heavy atom. The average molecular weight is 662 g/mol. The molecule has 0 aliphatic rings. The molecule has 41 heavy (non-hydrogen) atoms. The molecule has 8 nitrogen and oxygen atoms in total. The zero-order valence-corrected chi connectivity index (χ0v) is 25.5. The molecule has 9 heteroatoms. The van der Waals surface area contributed by atoms with Gasteiger partial charge in [0.25, 0.3) is 0 Å². The Balaban J connectivity index is 1.67. The number of aromatic nitrogens is 2. The lowest BCUT2D eigenvalue weighted by atomic mass is 10.0. The van der Waals surface area contributed by atoms with Crippen molar-refractivity contribution >= 4 is 50.7 Å². The van der Waals surface area contributed by atoms with Gasteiger partial charge in [-0.15, -0.1) is 0 Å². The Morgan fingerprint density at radius 3 is 2.66 bits per heavy atom. The number of pyridine rings is 2. The average Bonchev–Trinajstić information content (AvgIpc) is 2.97. The smallest absolute Gasteiger partial charge is 0.159 e. The number of hydrogen-bond acceptors (Lipinski definition) is 8. The number of fused-ring (bicyclic) bond motifs is 1. The second-order valence-electron chi connectivity index (χ2n) is 9.57. The van der Waals surface area contributed by atoms with Gasteiger partial charge in [-0.05, 0) is 63.5 Å². The minimum atomic E-state index is -0.0287. The summed E-state index contributed by atoms with van der Waals surface area (Å²) in [7, 11) is 3.90. The number of ether oxygens (including phenoxy) is 2. The fourth-order valence-corrected chi connectivity index (χ4v) is 4.83. The number of nitriles is 1. The maximum atomic E-state index is 12.8. The molecule has 0 saturated carbocycles. The van der Waals surface area contributed by atoms with Gasteiger partial charge in [-0.3, -0.25) is 14.8 Å². The monoisotopic (exact) mass is 661 g/mol. The molecule has 0 radical (unpaired) electrons. The molecule has 0 atom stereocenters. The zero-order chi connectivity index (χ0) is 29.2. The highest BCUT2D eigenvalue weighted by molar-refractivity contribution is 14.1. The van der Waals surface area contributed by atoms with Crippen molar-refractivity contribution in [2.24, 2.45) is 0 Å². The summed E-state index contributed by atoms with van der Waals surface area (Å²) in [6, 6.07) is 17.6. The van der Waals surface area contributed by atoms with E-state index in [1.165, 1.54) is 0 Å². The van der Waals surface area contributed by atoms with Gasteiger partial charge in [0.05, 0.1) is 29.1 Å². The largest absolute Gasteiger partial charge is 0.494 e. The number of nitrogens with zero attached hydrogens (tertiary/aromatic N) is 4. The third-order valence-electron chi connectivity index (χ3n) is 6.19. The van der Waals surface area contributed by atoms with Crippen LogP contribution in [0.2, 0.25) is 0 Å². The molecule has 4 aromatic rings. The second-order valence-corrected chi connectivity index (χ2v) is 10.3. The number of anilines is 2.